The van der Waals surface area contributed by atoms with Crippen LogP contribution in [0.5, 0.6) is 11.5 Å². The topological polar surface area (TPSA) is 132 Å². The van der Waals surface area contributed by atoms with E-state index in [2.05, 4.69) is 20.3 Å². The fraction of sp³-hybridized carbons (Fsp3) is 0.429. The van der Waals surface area contributed by atoms with Gasteiger partial charge in [-0.05, 0) is 25.3 Å². The van der Waals surface area contributed by atoms with E-state index in [4.69, 9.17) is 20.2 Å². The minimum Gasteiger partial charge on any atom is -0.454 e. The Labute approximate surface area is 197 Å². The molecule has 4 heterocycles. The lowest BCUT2D eigenvalue weighted by atomic mass is 10.0. The molecule has 2 N–H and O–H groups in total. The molecule has 33 heavy (non-hydrogen) atoms. The molecular weight excluding hydrogens is 462 g/mol. The second kappa shape index (κ2) is 9.17. The SMILES string of the molecule is CS(=O)N1CCCCC1CCn1c(Sc2cc3c(cc2C#N)OCO3)nc2c(N)ncnc21. The van der Waals surface area contributed by atoms with Gasteiger partial charge in [0.25, 0.3) is 0 Å². The first-order chi connectivity index (χ1) is 16.0. The molecule has 0 amide bonds. The second-order valence-corrected chi connectivity index (χ2v) is 10.2. The number of benzene rings is 1. The van der Waals surface area contributed by atoms with Crippen LogP contribution in [-0.2, 0) is 17.5 Å². The van der Waals surface area contributed by atoms with Crippen LogP contribution in [0.4, 0.5) is 5.82 Å². The molecule has 3 aromatic rings. The van der Waals surface area contributed by atoms with Crippen LogP contribution in [0.25, 0.3) is 11.2 Å². The van der Waals surface area contributed by atoms with Crippen molar-refractivity contribution in [1.29, 1.82) is 5.26 Å². The molecule has 0 bridgehead atoms. The number of hydrogen-bond acceptors (Lipinski definition) is 9. The van der Waals surface area contributed by atoms with E-state index in [0.717, 1.165) is 32.2 Å². The first-order valence-electron chi connectivity index (χ1n) is 10.6. The standard InChI is InChI=1S/C21H23N7O3S2/c1-33(29)28-6-3-2-4-14(28)5-7-27-20-18(19(23)24-11-25-20)26-21(27)32-17-9-16-15(30-12-31-16)8-13(17)10-22/h8-9,11,14H,2-7,12H2,1H3,(H2,23,24,25). The molecule has 2 aliphatic heterocycles. The van der Waals surface area contributed by atoms with E-state index in [9.17, 15) is 9.47 Å². The van der Waals surface area contributed by atoms with E-state index >= 15 is 0 Å². The fourth-order valence-corrected chi connectivity index (χ4v) is 6.30. The number of rotatable bonds is 6. The normalized spacial score (nSPS) is 19.0. The van der Waals surface area contributed by atoms with Gasteiger partial charge in [0, 0.05) is 36.3 Å². The largest absolute Gasteiger partial charge is 0.454 e. The van der Waals surface area contributed by atoms with Crippen molar-refractivity contribution in [1.82, 2.24) is 23.8 Å². The Bertz CT molecular complexity index is 1270. The summed E-state index contributed by atoms with van der Waals surface area (Å²) in [5, 5.41) is 10.3. The van der Waals surface area contributed by atoms with Crippen molar-refractivity contribution in [3.63, 3.8) is 0 Å². The maximum absolute atomic E-state index is 12.2. The summed E-state index contributed by atoms with van der Waals surface area (Å²) < 4.78 is 27.2. The summed E-state index contributed by atoms with van der Waals surface area (Å²) >= 11 is 1.36. The van der Waals surface area contributed by atoms with Gasteiger partial charge < -0.3 is 19.8 Å². The number of imidazole rings is 1. The van der Waals surface area contributed by atoms with Gasteiger partial charge in [-0.3, -0.25) is 0 Å². The predicted molar refractivity (Wildman–Crippen MR) is 124 cm³/mol. The Morgan fingerprint density at radius 2 is 2.12 bits per heavy atom. The van der Waals surface area contributed by atoms with Gasteiger partial charge in [-0.2, -0.15) is 5.26 Å². The molecule has 2 unspecified atom stereocenters. The zero-order valence-electron chi connectivity index (χ0n) is 18.1. The number of ether oxygens (including phenoxy) is 2. The third kappa shape index (κ3) is 4.23. The maximum atomic E-state index is 12.2. The van der Waals surface area contributed by atoms with Crippen LogP contribution >= 0.6 is 11.8 Å². The number of aromatic nitrogens is 4. The Morgan fingerprint density at radius 3 is 2.91 bits per heavy atom. The summed E-state index contributed by atoms with van der Waals surface area (Å²) in [6, 6.07) is 5.93. The number of anilines is 1. The van der Waals surface area contributed by atoms with E-state index in [0.29, 0.717) is 50.6 Å². The van der Waals surface area contributed by atoms with Crippen LogP contribution in [0.2, 0.25) is 0 Å². The quantitative estimate of drug-likeness (QED) is 0.559. The van der Waals surface area contributed by atoms with Crippen molar-refractivity contribution in [2.45, 2.75) is 48.3 Å². The zero-order chi connectivity index (χ0) is 22.9. The first-order valence-corrected chi connectivity index (χ1v) is 13.0. The molecule has 0 saturated carbocycles. The van der Waals surface area contributed by atoms with E-state index in [1.54, 1.807) is 18.4 Å². The van der Waals surface area contributed by atoms with E-state index in [-0.39, 0.29) is 12.8 Å². The molecule has 1 saturated heterocycles. The molecule has 1 aromatic carbocycles. The first kappa shape index (κ1) is 21.9. The highest BCUT2D eigenvalue weighted by Gasteiger charge is 2.26. The van der Waals surface area contributed by atoms with Gasteiger partial charge in [-0.1, -0.05) is 18.2 Å². The highest BCUT2D eigenvalue weighted by atomic mass is 32.2. The number of piperidine rings is 1. The number of nitriles is 1. The minimum atomic E-state index is -1.01. The van der Waals surface area contributed by atoms with Crippen LogP contribution in [0, 0.1) is 11.3 Å². The number of aryl methyl sites for hydroxylation is 1. The average molecular weight is 486 g/mol. The molecule has 10 nitrogen and oxygen atoms in total. The molecule has 0 spiro atoms. The Balaban J connectivity index is 1.49. The van der Waals surface area contributed by atoms with E-state index in [1.807, 2.05) is 4.57 Å². The van der Waals surface area contributed by atoms with Crippen molar-refractivity contribution in [2.75, 3.05) is 25.3 Å². The van der Waals surface area contributed by atoms with Gasteiger partial charge in [-0.15, -0.1) is 0 Å². The predicted octanol–water partition coefficient (Wildman–Crippen LogP) is 2.70. The van der Waals surface area contributed by atoms with Gasteiger partial charge in [0.2, 0.25) is 6.79 Å². The number of nitrogen functional groups attached to an aromatic ring is 1. The highest BCUT2D eigenvalue weighted by molar-refractivity contribution is 7.99. The van der Waals surface area contributed by atoms with Crippen LogP contribution < -0.4 is 15.2 Å². The number of nitrogens with zero attached hydrogens (tertiary/aromatic N) is 6. The molecule has 0 aliphatic carbocycles. The molecule has 5 rings (SSSR count). The van der Waals surface area contributed by atoms with Crippen molar-refractivity contribution in [2.24, 2.45) is 0 Å². The van der Waals surface area contributed by atoms with Crippen LogP contribution in [0.3, 0.4) is 0 Å². The fourth-order valence-electron chi connectivity index (χ4n) is 4.29. The lowest BCUT2D eigenvalue weighted by Crippen LogP contribution is -2.40. The van der Waals surface area contributed by atoms with E-state index < -0.39 is 11.0 Å². The molecule has 2 aromatic heterocycles. The summed E-state index contributed by atoms with van der Waals surface area (Å²) in [6.07, 6.45) is 7.17. The highest BCUT2D eigenvalue weighted by Crippen LogP contribution is 2.41. The van der Waals surface area contributed by atoms with Gasteiger partial charge in [0.15, 0.2) is 33.6 Å². The van der Waals surface area contributed by atoms with Crippen molar-refractivity contribution < 1.29 is 13.7 Å². The smallest absolute Gasteiger partial charge is 0.231 e. The Hall–Kier alpha value is -2.88. The van der Waals surface area contributed by atoms with Crippen molar-refractivity contribution in [3.05, 3.63) is 24.0 Å². The molecule has 1 fully saturated rings. The van der Waals surface area contributed by atoms with Gasteiger partial charge in [0.05, 0.1) is 16.5 Å². The van der Waals surface area contributed by atoms with Gasteiger partial charge in [-0.25, -0.2) is 23.5 Å². The van der Waals surface area contributed by atoms with Crippen LogP contribution in [-0.4, -0.2) is 53.7 Å². The van der Waals surface area contributed by atoms with Crippen molar-refractivity contribution >= 4 is 39.7 Å². The van der Waals surface area contributed by atoms with Crippen molar-refractivity contribution in [3.8, 4) is 17.6 Å². The Kier molecular flexibility index (Phi) is 6.09. The van der Waals surface area contributed by atoms with Gasteiger partial charge >= 0.3 is 0 Å². The third-order valence-corrected chi connectivity index (χ3v) is 8.10. The van der Waals surface area contributed by atoms with Crippen LogP contribution in [0.15, 0.2) is 28.5 Å². The molecule has 2 aliphatic rings. The monoisotopic (exact) mass is 485 g/mol. The lowest BCUT2D eigenvalue weighted by Gasteiger charge is -2.33. The zero-order valence-corrected chi connectivity index (χ0v) is 19.7. The number of fused-ring (bicyclic) bond motifs is 2. The summed E-state index contributed by atoms with van der Waals surface area (Å²) in [5.41, 5.74) is 7.73. The maximum Gasteiger partial charge on any atom is 0.231 e. The summed E-state index contributed by atoms with van der Waals surface area (Å²) in [6.45, 7) is 1.60. The molecule has 172 valence electrons. The summed E-state index contributed by atoms with van der Waals surface area (Å²) in [5.74, 6) is 1.46. The Morgan fingerprint density at radius 1 is 1.30 bits per heavy atom. The number of hydrogen-bond donors (Lipinski definition) is 1. The lowest BCUT2D eigenvalue weighted by molar-refractivity contribution is 0.174. The van der Waals surface area contributed by atoms with Crippen LogP contribution in [0.1, 0.15) is 31.2 Å². The molecule has 2 atom stereocenters. The second-order valence-electron chi connectivity index (χ2n) is 7.90. The minimum absolute atomic E-state index is 0.135. The average Bonchev–Trinajstić information content (AvgIpc) is 3.42. The third-order valence-electron chi connectivity index (χ3n) is 5.91. The summed E-state index contributed by atoms with van der Waals surface area (Å²) in [7, 11) is -1.01. The molecule has 0 radical (unpaired) electrons. The molecule has 12 heteroatoms. The number of nitrogens with two attached hydrogens (primary N) is 1. The van der Waals surface area contributed by atoms with Gasteiger partial charge in [0.1, 0.15) is 12.4 Å². The molecular formula is C21H23N7O3S2. The van der Waals surface area contributed by atoms with E-state index in [1.165, 1.54) is 18.1 Å². The summed E-state index contributed by atoms with van der Waals surface area (Å²) in [4.78, 5) is 13.9.